The Hall–Kier alpha value is -1.10. The minimum atomic E-state index is -0.360. The molecule has 0 N–H and O–H groups in total. The zero-order chi connectivity index (χ0) is 12.4. The normalized spacial score (nSPS) is 29.6. The molecule has 2 heterocycles. The van der Waals surface area contributed by atoms with Crippen molar-refractivity contribution in [2.45, 2.75) is 37.8 Å². The molecule has 5 heteroatoms. The lowest BCUT2D eigenvalue weighted by Crippen LogP contribution is -2.48. The van der Waals surface area contributed by atoms with Gasteiger partial charge in [0.25, 0.3) is 0 Å². The molecule has 2 aliphatic heterocycles. The van der Waals surface area contributed by atoms with Crippen LogP contribution in [0.1, 0.15) is 25.7 Å². The number of hydrogen-bond donors (Lipinski definition) is 0. The van der Waals surface area contributed by atoms with Gasteiger partial charge in [-0.15, -0.1) is 0 Å². The maximum absolute atomic E-state index is 12.4. The lowest BCUT2D eigenvalue weighted by Gasteiger charge is -2.28. The van der Waals surface area contributed by atoms with Crippen LogP contribution in [0.15, 0.2) is 0 Å². The highest BCUT2D eigenvalue weighted by molar-refractivity contribution is 5.88. The minimum Gasteiger partial charge on any atom is -0.467 e. The summed E-state index contributed by atoms with van der Waals surface area (Å²) in [5, 5.41) is 0. The maximum atomic E-state index is 12.4. The summed E-state index contributed by atoms with van der Waals surface area (Å²) in [5.74, 6) is -0.186. The fraction of sp³-hybridized carbons (Fsp3) is 0.833. The second-order valence-corrected chi connectivity index (χ2v) is 4.85. The van der Waals surface area contributed by atoms with Crippen LogP contribution in [0.2, 0.25) is 0 Å². The van der Waals surface area contributed by atoms with E-state index in [4.69, 9.17) is 4.74 Å². The van der Waals surface area contributed by atoms with Gasteiger partial charge in [-0.1, -0.05) is 0 Å². The molecule has 0 radical (unpaired) electrons. The van der Waals surface area contributed by atoms with Crippen LogP contribution in [0, 0.1) is 0 Å². The zero-order valence-electron chi connectivity index (χ0n) is 10.5. The van der Waals surface area contributed by atoms with Gasteiger partial charge >= 0.3 is 5.97 Å². The molecule has 2 aliphatic rings. The number of carbonyl (C=O) groups is 2. The molecule has 0 bridgehead atoms. The lowest BCUT2D eigenvalue weighted by molar-refractivity contribution is -0.152. The van der Waals surface area contributed by atoms with Crippen LogP contribution in [0.4, 0.5) is 0 Å². The van der Waals surface area contributed by atoms with E-state index in [-0.39, 0.29) is 24.0 Å². The van der Waals surface area contributed by atoms with Gasteiger partial charge in [0.2, 0.25) is 5.91 Å². The zero-order valence-corrected chi connectivity index (χ0v) is 10.5. The Labute approximate surface area is 102 Å². The third-order valence-electron chi connectivity index (χ3n) is 3.81. The summed E-state index contributed by atoms with van der Waals surface area (Å²) in [4.78, 5) is 27.7. The van der Waals surface area contributed by atoms with Crippen molar-refractivity contribution in [1.29, 1.82) is 0 Å². The molecule has 2 atom stereocenters. The number of rotatable bonds is 2. The van der Waals surface area contributed by atoms with E-state index in [9.17, 15) is 9.59 Å². The summed E-state index contributed by atoms with van der Waals surface area (Å²) in [5.41, 5.74) is 0. The average Bonchev–Trinajstić information content (AvgIpc) is 2.95. The number of amides is 1. The van der Waals surface area contributed by atoms with Crippen molar-refractivity contribution in [2.24, 2.45) is 0 Å². The molecule has 0 saturated carbocycles. The van der Waals surface area contributed by atoms with Crippen molar-refractivity contribution >= 4 is 11.9 Å². The molecule has 0 aromatic carbocycles. The first-order chi connectivity index (χ1) is 8.15. The number of methoxy groups -OCH3 is 1. The Kier molecular flexibility index (Phi) is 3.66. The van der Waals surface area contributed by atoms with Gasteiger partial charge in [-0.05, 0) is 39.3 Å². The second-order valence-electron chi connectivity index (χ2n) is 4.85. The van der Waals surface area contributed by atoms with E-state index >= 15 is 0 Å². The molecule has 2 saturated heterocycles. The molecule has 0 unspecified atom stereocenters. The second kappa shape index (κ2) is 5.04. The van der Waals surface area contributed by atoms with E-state index in [2.05, 4.69) is 4.90 Å². The lowest BCUT2D eigenvalue weighted by atomic mass is 10.1. The topological polar surface area (TPSA) is 49.9 Å². The Morgan fingerprint density at radius 2 is 1.76 bits per heavy atom. The van der Waals surface area contributed by atoms with E-state index in [1.54, 1.807) is 4.90 Å². The Morgan fingerprint density at radius 3 is 2.35 bits per heavy atom. The average molecular weight is 240 g/mol. The summed E-state index contributed by atoms with van der Waals surface area (Å²) < 4.78 is 4.76. The van der Waals surface area contributed by atoms with E-state index in [1.807, 2.05) is 7.05 Å². The maximum Gasteiger partial charge on any atom is 0.328 e. The van der Waals surface area contributed by atoms with Crippen molar-refractivity contribution in [3.63, 3.8) is 0 Å². The Morgan fingerprint density at radius 1 is 1.12 bits per heavy atom. The van der Waals surface area contributed by atoms with Gasteiger partial charge in [-0.3, -0.25) is 9.69 Å². The van der Waals surface area contributed by atoms with Crippen LogP contribution in [-0.4, -0.2) is 61.0 Å². The third kappa shape index (κ3) is 2.29. The predicted molar refractivity (Wildman–Crippen MR) is 62.4 cm³/mol. The van der Waals surface area contributed by atoms with Crippen molar-refractivity contribution in [2.75, 3.05) is 27.2 Å². The number of likely N-dealkylation sites (N-methyl/N-ethyl adjacent to an activating group) is 1. The SMILES string of the molecule is COC(=O)[C@@H]1CCCN1C(=O)[C@H]1CCCN1C. The van der Waals surface area contributed by atoms with Crippen molar-refractivity contribution < 1.29 is 14.3 Å². The monoisotopic (exact) mass is 240 g/mol. The van der Waals surface area contributed by atoms with Gasteiger partial charge < -0.3 is 9.64 Å². The summed E-state index contributed by atoms with van der Waals surface area (Å²) in [6.45, 7) is 1.65. The van der Waals surface area contributed by atoms with E-state index in [1.165, 1.54) is 7.11 Å². The van der Waals surface area contributed by atoms with Gasteiger partial charge in [-0.2, -0.15) is 0 Å². The van der Waals surface area contributed by atoms with Crippen molar-refractivity contribution in [3.05, 3.63) is 0 Å². The first-order valence-corrected chi connectivity index (χ1v) is 6.23. The van der Waals surface area contributed by atoms with Crippen molar-refractivity contribution in [1.82, 2.24) is 9.80 Å². The van der Waals surface area contributed by atoms with E-state index < -0.39 is 0 Å². The van der Waals surface area contributed by atoms with E-state index in [0.717, 1.165) is 32.2 Å². The highest BCUT2D eigenvalue weighted by Crippen LogP contribution is 2.24. The minimum absolute atomic E-state index is 0.0414. The molecule has 17 heavy (non-hydrogen) atoms. The molecule has 0 aliphatic carbocycles. The standard InChI is InChI=1S/C12H20N2O3/c1-13-7-3-5-9(13)11(15)14-8-4-6-10(14)12(16)17-2/h9-10H,3-8H2,1-2H3/t9-,10+/m1/s1. The molecule has 96 valence electrons. The molecular formula is C12H20N2O3. The predicted octanol–water partition coefficient (Wildman–Crippen LogP) is 0.245. The Bertz CT molecular complexity index is 319. The molecular weight excluding hydrogens is 220 g/mol. The van der Waals surface area contributed by atoms with Crippen LogP contribution in [0.3, 0.4) is 0 Å². The number of esters is 1. The van der Waals surface area contributed by atoms with Crippen LogP contribution >= 0.6 is 0 Å². The first kappa shape index (κ1) is 12.4. The number of hydrogen-bond acceptors (Lipinski definition) is 4. The van der Waals surface area contributed by atoms with Crippen LogP contribution in [0.25, 0.3) is 0 Å². The van der Waals surface area contributed by atoms with Crippen LogP contribution in [0.5, 0.6) is 0 Å². The summed E-state index contributed by atoms with van der Waals surface area (Å²) >= 11 is 0. The fourth-order valence-corrected chi connectivity index (χ4v) is 2.83. The quantitative estimate of drug-likeness (QED) is 0.649. The molecule has 2 fully saturated rings. The molecule has 0 aromatic heterocycles. The fourth-order valence-electron chi connectivity index (χ4n) is 2.83. The third-order valence-corrected chi connectivity index (χ3v) is 3.81. The van der Waals surface area contributed by atoms with Gasteiger partial charge in [0.05, 0.1) is 13.2 Å². The largest absolute Gasteiger partial charge is 0.467 e. The Balaban J connectivity index is 2.05. The van der Waals surface area contributed by atoms with Crippen LogP contribution < -0.4 is 0 Å². The summed E-state index contributed by atoms with van der Waals surface area (Å²) in [6.07, 6.45) is 3.58. The van der Waals surface area contributed by atoms with E-state index in [0.29, 0.717) is 6.54 Å². The van der Waals surface area contributed by atoms with Gasteiger partial charge in [0.15, 0.2) is 0 Å². The number of nitrogens with zero attached hydrogens (tertiary/aromatic N) is 2. The summed E-state index contributed by atoms with van der Waals surface area (Å²) in [6, 6.07) is -0.401. The number of carbonyl (C=O) groups excluding carboxylic acids is 2. The van der Waals surface area contributed by atoms with Crippen LogP contribution in [-0.2, 0) is 14.3 Å². The molecule has 0 spiro atoms. The number of likely N-dealkylation sites (tertiary alicyclic amines) is 2. The van der Waals surface area contributed by atoms with Gasteiger partial charge in [0, 0.05) is 6.54 Å². The summed E-state index contributed by atoms with van der Waals surface area (Å²) in [7, 11) is 3.35. The molecule has 1 amide bonds. The van der Waals surface area contributed by atoms with Gasteiger partial charge in [-0.25, -0.2) is 4.79 Å². The van der Waals surface area contributed by atoms with Gasteiger partial charge in [0.1, 0.15) is 6.04 Å². The number of ether oxygens (including phenoxy) is 1. The van der Waals surface area contributed by atoms with Crippen molar-refractivity contribution in [3.8, 4) is 0 Å². The molecule has 2 rings (SSSR count). The smallest absolute Gasteiger partial charge is 0.328 e. The molecule has 0 aromatic rings. The highest BCUT2D eigenvalue weighted by atomic mass is 16.5. The molecule has 5 nitrogen and oxygen atoms in total. The highest BCUT2D eigenvalue weighted by Gasteiger charge is 2.39. The first-order valence-electron chi connectivity index (χ1n) is 6.23.